The Balaban J connectivity index is 1.19. The van der Waals surface area contributed by atoms with Gasteiger partial charge in [-0.25, -0.2) is 0 Å². The summed E-state index contributed by atoms with van der Waals surface area (Å²) >= 11 is 0. The third-order valence-electron chi connectivity index (χ3n) is 5.62. The smallest absolute Gasteiger partial charge is 0.306 e. The summed E-state index contributed by atoms with van der Waals surface area (Å²) in [7, 11) is 0. The van der Waals surface area contributed by atoms with Crippen molar-refractivity contribution in [1.82, 2.24) is 5.32 Å². The summed E-state index contributed by atoms with van der Waals surface area (Å²) in [4.78, 5) is 36.5. The molecular formula is C24H25NO6. The van der Waals surface area contributed by atoms with Crippen LogP contribution in [0, 0.1) is 0 Å². The fourth-order valence-corrected chi connectivity index (χ4v) is 3.87. The maximum absolute atomic E-state index is 12.4. The van der Waals surface area contributed by atoms with E-state index in [4.69, 9.17) is 14.2 Å². The van der Waals surface area contributed by atoms with Gasteiger partial charge in [0.1, 0.15) is 0 Å². The quantitative estimate of drug-likeness (QED) is 0.518. The first-order chi connectivity index (χ1) is 15.0. The van der Waals surface area contributed by atoms with Gasteiger partial charge in [0.2, 0.25) is 6.79 Å². The van der Waals surface area contributed by atoms with Gasteiger partial charge >= 0.3 is 5.97 Å². The minimum absolute atomic E-state index is 0.0547. The standard InChI is InChI=1S/C24H25NO6/c1-15(17-7-9-21-22(12-17)31-14-30-21)25-23(27)13-29-24(28)10-8-20(26)19-6-5-16-3-2-4-18(16)11-19/h5-7,9,11-12,15H,2-4,8,10,13-14H2,1H3,(H,25,27)/t15-/m1/s1. The number of Topliss-reactive ketones (excluding diaryl/α,β-unsaturated/α-hetero) is 1. The van der Waals surface area contributed by atoms with Crippen LogP contribution < -0.4 is 14.8 Å². The molecular weight excluding hydrogens is 398 g/mol. The normalized spacial score (nSPS) is 14.6. The van der Waals surface area contributed by atoms with Crippen molar-refractivity contribution >= 4 is 17.7 Å². The second-order valence-electron chi connectivity index (χ2n) is 7.82. The lowest BCUT2D eigenvalue weighted by molar-refractivity contribution is -0.148. The van der Waals surface area contributed by atoms with E-state index < -0.39 is 11.9 Å². The molecule has 7 heteroatoms. The van der Waals surface area contributed by atoms with Crippen LogP contribution in [0.1, 0.15) is 59.3 Å². The van der Waals surface area contributed by atoms with Gasteiger partial charge in [-0.15, -0.1) is 0 Å². The Morgan fingerprint density at radius 3 is 2.68 bits per heavy atom. The molecule has 0 spiro atoms. The topological polar surface area (TPSA) is 90.9 Å². The SMILES string of the molecule is C[C@@H](NC(=O)COC(=O)CCC(=O)c1ccc2c(c1)CCC2)c1ccc2c(c1)OCO2. The fourth-order valence-electron chi connectivity index (χ4n) is 3.87. The van der Waals surface area contributed by atoms with Crippen molar-refractivity contribution in [3.05, 3.63) is 58.7 Å². The average Bonchev–Trinajstić information content (AvgIpc) is 3.43. The zero-order chi connectivity index (χ0) is 21.8. The molecule has 0 radical (unpaired) electrons. The van der Waals surface area contributed by atoms with E-state index >= 15 is 0 Å². The first kappa shape index (κ1) is 20.9. The van der Waals surface area contributed by atoms with Crippen LogP contribution in [-0.4, -0.2) is 31.1 Å². The molecule has 0 bridgehead atoms. The van der Waals surface area contributed by atoms with E-state index in [1.54, 1.807) is 6.07 Å². The molecule has 4 rings (SSSR count). The predicted octanol–water partition coefficient (Wildman–Crippen LogP) is 3.29. The summed E-state index contributed by atoms with van der Waals surface area (Å²) in [5.41, 5.74) is 4.01. The second kappa shape index (κ2) is 9.20. The second-order valence-corrected chi connectivity index (χ2v) is 7.82. The summed E-state index contributed by atoms with van der Waals surface area (Å²) in [5.74, 6) is 0.236. The molecule has 1 amide bonds. The number of carbonyl (C=O) groups excluding carboxylic acids is 3. The highest BCUT2D eigenvalue weighted by Gasteiger charge is 2.18. The van der Waals surface area contributed by atoms with E-state index in [9.17, 15) is 14.4 Å². The number of esters is 1. The lowest BCUT2D eigenvalue weighted by Gasteiger charge is -2.15. The number of fused-ring (bicyclic) bond motifs is 2. The fraction of sp³-hybridized carbons (Fsp3) is 0.375. The minimum atomic E-state index is -0.569. The Labute approximate surface area is 180 Å². The maximum atomic E-state index is 12.4. The Hall–Kier alpha value is -3.35. The van der Waals surface area contributed by atoms with E-state index in [1.807, 2.05) is 37.3 Å². The number of nitrogens with one attached hydrogen (secondary N) is 1. The van der Waals surface area contributed by atoms with Gasteiger partial charge < -0.3 is 19.5 Å². The number of aryl methyl sites for hydroxylation is 2. The molecule has 0 fully saturated rings. The highest BCUT2D eigenvalue weighted by Crippen LogP contribution is 2.34. The molecule has 0 unspecified atom stereocenters. The number of benzene rings is 2. The monoisotopic (exact) mass is 423 g/mol. The number of ether oxygens (including phenoxy) is 3. The lowest BCUT2D eigenvalue weighted by atomic mass is 10.0. The zero-order valence-corrected chi connectivity index (χ0v) is 17.4. The van der Waals surface area contributed by atoms with Gasteiger partial charge in [-0.1, -0.05) is 18.2 Å². The van der Waals surface area contributed by atoms with Crippen LogP contribution in [0.4, 0.5) is 0 Å². The summed E-state index contributed by atoms with van der Waals surface area (Å²) in [6.45, 7) is 1.62. The average molecular weight is 423 g/mol. The molecule has 1 heterocycles. The Morgan fingerprint density at radius 1 is 1.00 bits per heavy atom. The van der Waals surface area contributed by atoms with Gasteiger partial charge in [-0.3, -0.25) is 14.4 Å². The van der Waals surface area contributed by atoms with Crippen LogP contribution in [0.5, 0.6) is 11.5 Å². The number of ketones is 1. The van der Waals surface area contributed by atoms with Gasteiger partial charge in [0.15, 0.2) is 23.9 Å². The Morgan fingerprint density at radius 2 is 1.81 bits per heavy atom. The molecule has 2 aromatic carbocycles. The number of carbonyl (C=O) groups is 3. The molecule has 162 valence electrons. The molecule has 0 saturated carbocycles. The third-order valence-corrected chi connectivity index (χ3v) is 5.62. The van der Waals surface area contributed by atoms with Crippen LogP contribution in [-0.2, 0) is 27.2 Å². The van der Waals surface area contributed by atoms with Crippen LogP contribution >= 0.6 is 0 Å². The Bertz CT molecular complexity index is 1020. The van der Waals surface area contributed by atoms with E-state index in [-0.39, 0.29) is 38.1 Å². The summed E-state index contributed by atoms with van der Waals surface area (Å²) in [6, 6.07) is 10.9. The van der Waals surface area contributed by atoms with Gasteiger partial charge in [-0.05, 0) is 61.1 Å². The van der Waals surface area contributed by atoms with E-state index in [1.165, 1.54) is 11.1 Å². The van der Waals surface area contributed by atoms with E-state index in [0.29, 0.717) is 17.1 Å². The summed E-state index contributed by atoms with van der Waals surface area (Å²) in [6.07, 6.45) is 3.19. The van der Waals surface area contributed by atoms with E-state index in [2.05, 4.69) is 5.32 Å². The maximum Gasteiger partial charge on any atom is 0.306 e. The van der Waals surface area contributed by atoms with Crippen molar-refractivity contribution < 1.29 is 28.6 Å². The van der Waals surface area contributed by atoms with Gasteiger partial charge in [-0.2, -0.15) is 0 Å². The first-order valence-electron chi connectivity index (χ1n) is 10.5. The summed E-state index contributed by atoms with van der Waals surface area (Å²) < 4.78 is 15.6. The molecule has 0 saturated heterocycles. The number of amides is 1. The van der Waals surface area contributed by atoms with Gasteiger partial charge in [0, 0.05) is 12.0 Å². The molecule has 1 aliphatic carbocycles. The van der Waals surface area contributed by atoms with Crippen molar-refractivity contribution in [2.75, 3.05) is 13.4 Å². The molecule has 1 N–H and O–H groups in total. The van der Waals surface area contributed by atoms with E-state index in [0.717, 1.165) is 24.8 Å². The highest BCUT2D eigenvalue weighted by molar-refractivity contribution is 5.98. The molecule has 2 aromatic rings. The minimum Gasteiger partial charge on any atom is -0.456 e. The molecule has 31 heavy (non-hydrogen) atoms. The van der Waals surface area contributed by atoms with Crippen LogP contribution in [0.2, 0.25) is 0 Å². The van der Waals surface area contributed by atoms with Crippen LogP contribution in [0.15, 0.2) is 36.4 Å². The van der Waals surface area contributed by atoms with Crippen molar-refractivity contribution in [1.29, 1.82) is 0 Å². The van der Waals surface area contributed by atoms with Crippen molar-refractivity contribution in [3.8, 4) is 11.5 Å². The molecule has 2 aliphatic rings. The number of hydrogen-bond acceptors (Lipinski definition) is 6. The van der Waals surface area contributed by atoms with Gasteiger partial charge in [0.05, 0.1) is 12.5 Å². The van der Waals surface area contributed by atoms with Crippen LogP contribution in [0.3, 0.4) is 0 Å². The largest absolute Gasteiger partial charge is 0.456 e. The molecule has 7 nitrogen and oxygen atoms in total. The van der Waals surface area contributed by atoms with Crippen LogP contribution in [0.25, 0.3) is 0 Å². The van der Waals surface area contributed by atoms with Crippen molar-refractivity contribution in [2.24, 2.45) is 0 Å². The van der Waals surface area contributed by atoms with Gasteiger partial charge in [0.25, 0.3) is 5.91 Å². The number of rotatable bonds is 8. The first-order valence-corrected chi connectivity index (χ1v) is 10.5. The van der Waals surface area contributed by atoms with Crippen molar-refractivity contribution in [3.63, 3.8) is 0 Å². The predicted molar refractivity (Wildman–Crippen MR) is 112 cm³/mol. The lowest BCUT2D eigenvalue weighted by Crippen LogP contribution is -2.31. The Kier molecular flexibility index (Phi) is 6.21. The zero-order valence-electron chi connectivity index (χ0n) is 17.4. The van der Waals surface area contributed by atoms with Crippen molar-refractivity contribution in [2.45, 2.75) is 45.1 Å². The summed E-state index contributed by atoms with van der Waals surface area (Å²) in [5, 5.41) is 2.78. The number of hydrogen-bond donors (Lipinski definition) is 1. The molecule has 1 atom stereocenters. The highest BCUT2D eigenvalue weighted by atomic mass is 16.7. The molecule has 0 aromatic heterocycles. The third kappa shape index (κ3) is 5.05. The molecule has 1 aliphatic heterocycles.